The van der Waals surface area contributed by atoms with E-state index in [9.17, 15) is 0 Å². The van der Waals surface area contributed by atoms with E-state index in [4.69, 9.17) is 4.74 Å². The van der Waals surface area contributed by atoms with Crippen molar-refractivity contribution < 1.29 is 4.74 Å². The highest BCUT2D eigenvalue weighted by Gasteiger charge is 2.46. The van der Waals surface area contributed by atoms with Crippen LogP contribution in [0.1, 0.15) is 6.92 Å². The molecule has 1 spiro atoms. The molecule has 2 heterocycles. The minimum atomic E-state index is 0.285. The van der Waals surface area contributed by atoms with E-state index in [0.717, 1.165) is 26.3 Å². The third-order valence-corrected chi connectivity index (χ3v) is 3.12. The zero-order valence-electron chi connectivity index (χ0n) is 7.26. The van der Waals surface area contributed by atoms with Crippen LogP contribution in [0.2, 0.25) is 0 Å². The third kappa shape index (κ3) is 0.991. The molecule has 0 aliphatic carbocycles. The minimum Gasteiger partial charge on any atom is -0.377 e. The Labute approximate surface area is 67.7 Å². The van der Waals surface area contributed by atoms with Crippen LogP contribution in [-0.2, 0) is 4.74 Å². The minimum absolute atomic E-state index is 0.285. The summed E-state index contributed by atoms with van der Waals surface area (Å²) >= 11 is 0. The Morgan fingerprint density at radius 3 is 2.73 bits per heavy atom. The van der Waals surface area contributed by atoms with Crippen molar-refractivity contribution in [2.75, 3.05) is 33.4 Å². The highest BCUT2D eigenvalue weighted by molar-refractivity contribution is 5.04. The van der Waals surface area contributed by atoms with Gasteiger partial charge in [-0.2, -0.15) is 0 Å². The molecule has 2 aliphatic rings. The van der Waals surface area contributed by atoms with E-state index < -0.39 is 0 Å². The predicted octanol–water partition coefficient (Wildman–Crippen LogP) is -0.321. The molecule has 0 bridgehead atoms. The SMILES string of the molecule is CC1N(C)CCNC12COC2. The van der Waals surface area contributed by atoms with E-state index >= 15 is 0 Å². The summed E-state index contributed by atoms with van der Waals surface area (Å²) in [6, 6.07) is 0.616. The smallest absolute Gasteiger partial charge is 0.0808 e. The lowest BCUT2D eigenvalue weighted by molar-refractivity contribution is -0.121. The van der Waals surface area contributed by atoms with E-state index in [1.165, 1.54) is 0 Å². The average Bonchev–Trinajstić information content (AvgIpc) is 1.91. The largest absolute Gasteiger partial charge is 0.377 e. The van der Waals surface area contributed by atoms with Crippen LogP contribution >= 0.6 is 0 Å². The first-order chi connectivity index (χ1) is 5.25. The van der Waals surface area contributed by atoms with Gasteiger partial charge in [0.15, 0.2) is 0 Å². The normalized spacial score (nSPS) is 37.1. The van der Waals surface area contributed by atoms with Crippen LogP contribution in [0, 0.1) is 0 Å². The van der Waals surface area contributed by atoms with Crippen LogP contribution in [0.3, 0.4) is 0 Å². The Balaban J connectivity index is 2.07. The molecule has 0 amide bonds. The van der Waals surface area contributed by atoms with Gasteiger partial charge in [-0.25, -0.2) is 0 Å². The van der Waals surface area contributed by atoms with Gasteiger partial charge in [0.25, 0.3) is 0 Å². The van der Waals surface area contributed by atoms with E-state index in [2.05, 4.69) is 24.2 Å². The number of hydrogen-bond acceptors (Lipinski definition) is 3. The molecule has 1 N–H and O–H groups in total. The summed E-state index contributed by atoms with van der Waals surface area (Å²) in [5.41, 5.74) is 0.285. The summed E-state index contributed by atoms with van der Waals surface area (Å²) in [6.07, 6.45) is 0. The lowest BCUT2D eigenvalue weighted by Crippen LogP contribution is -2.73. The van der Waals surface area contributed by atoms with Gasteiger partial charge in [0, 0.05) is 19.1 Å². The Bertz CT molecular complexity index is 156. The second kappa shape index (κ2) is 2.44. The summed E-state index contributed by atoms with van der Waals surface area (Å²) in [4.78, 5) is 2.40. The number of piperazine rings is 1. The lowest BCUT2D eigenvalue weighted by atomic mass is 9.86. The topological polar surface area (TPSA) is 24.5 Å². The number of ether oxygens (including phenoxy) is 1. The molecule has 0 aromatic rings. The van der Waals surface area contributed by atoms with Gasteiger partial charge in [0.05, 0.1) is 18.8 Å². The number of likely N-dealkylation sites (N-methyl/N-ethyl adjacent to an activating group) is 1. The van der Waals surface area contributed by atoms with Crippen molar-refractivity contribution in [2.24, 2.45) is 0 Å². The summed E-state index contributed by atoms with van der Waals surface area (Å²) in [6.45, 7) is 6.30. The van der Waals surface area contributed by atoms with E-state index in [0.29, 0.717) is 6.04 Å². The Morgan fingerprint density at radius 2 is 2.27 bits per heavy atom. The number of hydrogen-bond donors (Lipinski definition) is 1. The maximum absolute atomic E-state index is 5.25. The quantitative estimate of drug-likeness (QED) is 0.520. The van der Waals surface area contributed by atoms with Crippen molar-refractivity contribution in [3.05, 3.63) is 0 Å². The highest BCUT2D eigenvalue weighted by Crippen LogP contribution is 2.26. The molecule has 1 atom stereocenters. The number of nitrogens with one attached hydrogen (secondary N) is 1. The Hall–Kier alpha value is -0.120. The van der Waals surface area contributed by atoms with Crippen LogP contribution in [-0.4, -0.2) is 49.8 Å². The van der Waals surface area contributed by atoms with E-state index in [-0.39, 0.29) is 5.54 Å². The maximum Gasteiger partial charge on any atom is 0.0808 e. The summed E-state index contributed by atoms with van der Waals surface area (Å²) in [7, 11) is 2.19. The summed E-state index contributed by atoms with van der Waals surface area (Å²) in [5.74, 6) is 0. The molecule has 2 rings (SSSR count). The van der Waals surface area contributed by atoms with Crippen LogP contribution in [0.4, 0.5) is 0 Å². The van der Waals surface area contributed by atoms with Crippen molar-refractivity contribution in [3.63, 3.8) is 0 Å². The maximum atomic E-state index is 5.25. The molecule has 3 heteroatoms. The van der Waals surface area contributed by atoms with Crippen LogP contribution in [0.15, 0.2) is 0 Å². The molecular weight excluding hydrogens is 140 g/mol. The van der Waals surface area contributed by atoms with Gasteiger partial charge in [-0.1, -0.05) is 0 Å². The van der Waals surface area contributed by atoms with Gasteiger partial charge in [-0.3, -0.25) is 0 Å². The van der Waals surface area contributed by atoms with Gasteiger partial charge in [-0.05, 0) is 14.0 Å². The Kier molecular flexibility index (Phi) is 1.67. The van der Waals surface area contributed by atoms with Gasteiger partial charge < -0.3 is 15.0 Å². The van der Waals surface area contributed by atoms with Crippen LogP contribution in [0.5, 0.6) is 0 Å². The fourth-order valence-electron chi connectivity index (χ4n) is 1.91. The molecule has 2 saturated heterocycles. The zero-order chi connectivity index (χ0) is 7.90. The van der Waals surface area contributed by atoms with Gasteiger partial charge in [0.2, 0.25) is 0 Å². The number of nitrogens with zero attached hydrogens (tertiary/aromatic N) is 1. The second-order valence-electron chi connectivity index (χ2n) is 3.73. The molecule has 0 aromatic carbocycles. The fourth-order valence-corrected chi connectivity index (χ4v) is 1.91. The van der Waals surface area contributed by atoms with E-state index in [1.54, 1.807) is 0 Å². The van der Waals surface area contributed by atoms with E-state index in [1.807, 2.05) is 0 Å². The van der Waals surface area contributed by atoms with Crippen molar-refractivity contribution in [1.29, 1.82) is 0 Å². The molecule has 64 valence electrons. The predicted molar refractivity (Wildman–Crippen MR) is 43.6 cm³/mol. The molecule has 0 radical (unpaired) electrons. The molecular formula is C8H16N2O. The Morgan fingerprint density at radius 1 is 1.55 bits per heavy atom. The zero-order valence-corrected chi connectivity index (χ0v) is 7.26. The summed E-state index contributed by atoms with van der Waals surface area (Å²) in [5, 5.41) is 3.55. The first-order valence-corrected chi connectivity index (χ1v) is 4.28. The molecule has 0 saturated carbocycles. The molecule has 2 fully saturated rings. The number of rotatable bonds is 0. The summed E-state index contributed by atoms with van der Waals surface area (Å²) < 4.78 is 5.25. The second-order valence-corrected chi connectivity index (χ2v) is 3.73. The van der Waals surface area contributed by atoms with Crippen molar-refractivity contribution in [2.45, 2.75) is 18.5 Å². The fraction of sp³-hybridized carbons (Fsp3) is 1.00. The first-order valence-electron chi connectivity index (χ1n) is 4.28. The van der Waals surface area contributed by atoms with Gasteiger partial charge >= 0.3 is 0 Å². The van der Waals surface area contributed by atoms with Gasteiger partial charge in [0.1, 0.15) is 0 Å². The lowest BCUT2D eigenvalue weighted by Gasteiger charge is -2.52. The molecule has 0 aromatic heterocycles. The van der Waals surface area contributed by atoms with Crippen molar-refractivity contribution in [1.82, 2.24) is 10.2 Å². The molecule has 11 heavy (non-hydrogen) atoms. The third-order valence-electron chi connectivity index (χ3n) is 3.12. The first kappa shape index (κ1) is 7.53. The van der Waals surface area contributed by atoms with Crippen LogP contribution < -0.4 is 5.32 Å². The standard InChI is InChI=1S/C8H16N2O/c1-7-8(5-11-6-8)9-3-4-10(7)2/h7,9H,3-6H2,1-2H3. The molecule has 1 unspecified atom stereocenters. The van der Waals surface area contributed by atoms with Crippen molar-refractivity contribution in [3.8, 4) is 0 Å². The van der Waals surface area contributed by atoms with Crippen molar-refractivity contribution >= 4 is 0 Å². The molecule has 3 nitrogen and oxygen atoms in total. The molecule has 2 aliphatic heterocycles. The average molecular weight is 156 g/mol. The van der Waals surface area contributed by atoms with Gasteiger partial charge in [-0.15, -0.1) is 0 Å². The highest BCUT2D eigenvalue weighted by atomic mass is 16.5. The van der Waals surface area contributed by atoms with Crippen LogP contribution in [0.25, 0.3) is 0 Å². The monoisotopic (exact) mass is 156 g/mol.